The Morgan fingerprint density at radius 2 is 1.43 bits per heavy atom. The SMILES string of the molecule is COC(=O)C1(C(=O)OC)C2=C(C(=O)c3ccccc3C2=O)c2ccc(Cl)cc21. The lowest BCUT2D eigenvalue weighted by Crippen LogP contribution is -2.48. The van der Waals surface area contributed by atoms with Gasteiger partial charge < -0.3 is 9.47 Å². The van der Waals surface area contributed by atoms with E-state index in [-0.39, 0.29) is 38.4 Å². The minimum Gasteiger partial charge on any atom is -0.468 e. The van der Waals surface area contributed by atoms with Crippen LogP contribution in [0.25, 0.3) is 5.57 Å². The third-order valence-corrected chi connectivity index (χ3v) is 5.37. The van der Waals surface area contributed by atoms with Crippen molar-refractivity contribution < 1.29 is 28.7 Å². The Labute approximate surface area is 164 Å². The summed E-state index contributed by atoms with van der Waals surface area (Å²) in [5.41, 5.74) is -1.79. The third kappa shape index (κ3) is 2.03. The Kier molecular flexibility index (Phi) is 3.97. The zero-order valence-electron chi connectivity index (χ0n) is 14.9. The van der Waals surface area contributed by atoms with Crippen LogP contribution >= 0.6 is 11.6 Å². The molecule has 0 bridgehead atoms. The van der Waals surface area contributed by atoms with Crippen molar-refractivity contribution >= 4 is 40.7 Å². The van der Waals surface area contributed by atoms with Crippen molar-refractivity contribution in [3.8, 4) is 0 Å². The first-order valence-corrected chi connectivity index (χ1v) is 8.67. The lowest BCUT2D eigenvalue weighted by atomic mass is 9.72. The van der Waals surface area contributed by atoms with E-state index in [1.165, 1.54) is 30.3 Å². The van der Waals surface area contributed by atoms with Gasteiger partial charge in [0.25, 0.3) is 0 Å². The molecule has 0 atom stereocenters. The summed E-state index contributed by atoms with van der Waals surface area (Å²) in [5.74, 6) is -3.10. The van der Waals surface area contributed by atoms with Gasteiger partial charge in [-0.1, -0.05) is 41.9 Å². The van der Waals surface area contributed by atoms with Crippen molar-refractivity contribution in [2.75, 3.05) is 14.2 Å². The number of carbonyl (C=O) groups excluding carboxylic acids is 4. The van der Waals surface area contributed by atoms with Crippen LogP contribution < -0.4 is 0 Å². The summed E-state index contributed by atoms with van der Waals surface area (Å²) < 4.78 is 9.79. The molecular weight excluding hydrogens is 384 g/mol. The molecule has 2 aliphatic rings. The zero-order valence-corrected chi connectivity index (χ0v) is 15.6. The molecular formula is C21H13ClO6. The number of allylic oxidation sites excluding steroid dienone is 1. The predicted molar refractivity (Wildman–Crippen MR) is 99.2 cm³/mol. The number of esters is 2. The van der Waals surface area contributed by atoms with Crippen molar-refractivity contribution in [2.24, 2.45) is 0 Å². The van der Waals surface area contributed by atoms with Crippen molar-refractivity contribution in [1.29, 1.82) is 0 Å². The number of halogens is 1. The molecule has 2 aliphatic carbocycles. The predicted octanol–water partition coefficient (Wildman–Crippen LogP) is 2.77. The average Bonchev–Trinajstić information content (AvgIpc) is 3.02. The summed E-state index contributed by atoms with van der Waals surface area (Å²) >= 11 is 6.11. The van der Waals surface area contributed by atoms with E-state index >= 15 is 0 Å². The first-order valence-electron chi connectivity index (χ1n) is 8.30. The number of hydrogen-bond acceptors (Lipinski definition) is 6. The van der Waals surface area contributed by atoms with Crippen LogP contribution in [0.1, 0.15) is 31.8 Å². The number of Topliss-reactive ketones (excluding diaryl/α,β-unsaturated/α-hetero) is 2. The lowest BCUT2D eigenvalue weighted by molar-refractivity contribution is -0.159. The van der Waals surface area contributed by atoms with E-state index < -0.39 is 28.9 Å². The number of ketones is 2. The number of carbonyl (C=O) groups is 4. The van der Waals surface area contributed by atoms with Gasteiger partial charge in [-0.25, -0.2) is 0 Å². The fourth-order valence-corrected chi connectivity index (χ4v) is 4.16. The van der Waals surface area contributed by atoms with Crippen LogP contribution in [-0.2, 0) is 24.5 Å². The number of ether oxygens (including phenoxy) is 2. The number of rotatable bonds is 2. The average molecular weight is 397 g/mol. The number of hydrogen-bond donors (Lipinski definition) is 0. The second-order valence-electron chi connectivity index (χ2n) is 6.38. The highest BCUT2D eigenvalue weighted by Gasteiger charge is 2.63. The summed E-state index contributed by atoms with van der Waals surface area (Å²) in [7, 11) is 2.19. The molecule has 0 N–H and O–H groups in total. The molecule has 0 heterocycles. The molecule has 140 valence electrons. The van der Waals surface area contributed by atoms with Crippen molar-refractivity contribution in [3.05, 3.63) is 75.3 Å². The van der Waals surface area contributed by atoms with E-state index in [1.807, 2.05) is 0 Å². The van der Waals surface area contributed by atoms with Gasteiger partial charge >= 0.3 is 11.9 Å². The molecule has 0 aromatic heterocycles. The van der Waals surface area contributed by atoms with Crippen LogP contribution in [0.15, 0.2) is 48.0 Å². The van der Waals surface area contributed by atoms with Crippen LogP contribution in [0, 0.1) is 0 Å². The van der Waals surface area contributed by atoms with Crippen molar-refractivity contribution in [2.45, 2.75) is 5.41 Å². The van der Waals surface area contributed by atoms with E-state index in [0.29, 0.717) is 0 Å². The Balaban J connectivity index is 2.17. The smallest absolute Gasteiger partial charge is 0.332 e. The van der Waals surface area contributed by atoms with Gasteiger partial charge in [0.2, 0.25) is 5.41 Å². The van der Waals surface area contributed by atoms with E-state index in [2.05, 4.69) is 0 Å². The standard InChI is InChI=1S/C21H13ClO6/c1-27-19(25)21(20(26)28-2)14-9-10(22)7-8-13(14)15-16(21)18(24)12-6-4-3-5-11(12)17(15)23/h3-9H,1-2H3. The normalized spacial score (nSPS) is 16.2. The van der Waals surface area contributed by atoms with E-state index in [0.717, 1.165) is 14.2 Å². The van der Waals surface area contributed by atoms with Gasteiger partial charge in [0.05, 0.1) is 14.2 Å². The largest absolute Gasteiger partial charge is 0.468 e. The molecule has 2 aromatic carbocycles. The molecule has 2 aromatic rings. The molecule has 6 nitrogen and oxygen atoms in total. The molecule has 0 saturated heterocycles. The second-order valence-corrected chi connectivity index (χ2v) is 6.81. The van der Waals surface area contributed by atoms with Crippen LogP contribution in [0.3, 0.4) is 0 Å². The molecule has 0 radical (unpaired) electrons. The van der Waals surface area contributed by atoms with Gasteiger partial charge in [-0.3, -0.25) is 19.2 Å². The molecule has 0 aliphatic heterocycles. The maximum atomic E-state index is 13.4. The topological polar surface area (TPSA) is 86.7 Å². The van der Waals surface area contributed by atoms with Gasteiger partial charge in [-0.15, -0.1) is 0 Å². The molecule has 28 heavy (non-hydrogen) atoms. The molecule has 7 heteroatoms. The van der Waals surface area contributed by atoms with Gasteiger partial charge in [-0.2, -0.15) is 0 Å². The van der Waals surface area contributed by atoms with Gasteiger partial charge in [-0.05, 0) is 23.3 Å². The first-order chi connectivity index (χ1) is 13.4. The van der Waals surface area contributed by atoms with Crippen LogP contribution in [0.4, 0.5) is 0 Å². The molecule has 0 unspecified atom stereocenters. The number of benzene rings is 2. The van der Waals surface area contributed by atoms with Crippen molar-refractivity contribution in [3.63, 3.8) is 0 Å². The highest BCUT2D eigenvalue weighted by molar-refractivity contribution is 6.46. The highest BCUT2D eigenvalue weighted by Crippen LogP contribution is 2.52. The number of methoxy groups -OCH3 is 2. The fourth-order valence-electron chi connectivity index (χ4n) is 3.98. The summed E-state index contributed by atoms with van der Waals surface area (Å²) in [4.78, 5) is 52.6. The van der Waals surface area contributed by atoms with Crippen LogP contribution in [0.5, 0.6) is 0 Å². The summed E-state index contributed by atoms with van der Waals surface area (Å²) in [6.45, 7) is 0. The Morgan fingerprint density at radius 1 is 0.857 bits per heavy atom. The first kappa shape index (κ1) is 18.1. The van der Waals surface area contributed by atoms with E-state index in [1.54, 1.807) is 12.1 Å². The number of fused-ring (bicyclic) bond motifs is 3. The third-order valence-electron chi connectivity index (χ3n) is 5.13. The van der Waals surface area contributed by atoms with Gasteiger partial charge in [0, 0.05) is 27.3 Å². The van der Waals surface area contributed by atoms with E-state index in [4.69, 9.17) is 21.1 Å². The van der Waals surface area contributed by atoms with Gasteiger partial charge in [0.1, 0.15) is 0 Å². The Hall–Kier alpha value is -3.25. The lowest BCUT2D eigenvalue weighted by Gasteiger charge is -2.28. The highest BCUT2D eigenvalue weighted by atomic mass is 35.5. The van der Waals surface area contributed by atoms with E-state index in [9.17, 15) is 19.2 Å². The zero-order chi connectivity index (χ0) is 20.2. The maximum Gasteiger partial charge on any atom is 0.332 e. The minimum atomic E-state index is -2.22. The maximum absolute atomic E-state index is 13.4. The second kappa shape index (κ2) is 6.14. The summed E-state index contributed by atoms with van der Waals surface area (Å²) in [6.07, 6.45) is 0. The molecule has 0 saturated carbocycles. The fraction of sp³-hybridized carbons (Fsp3) is 0.143. The van der Waals surface area contributed by atoms with Crippen LogP contribution in [0.2, 0.25) is 5.02 Å². The summed E-state index contributed by atoms with van der Waals surface area (Å²) in [5, 5.41) is 0.230. The Morgan fingerprint density at radius 3 is 2.00 bits per heavy atom. The molecule has 0 spiro atoms. The van der Waals surface area contributed by atoms with Gasteiger partial charge in [0.15, 0.2) is 11.6 Å². The quantitative estimate of drug-likeness (QED) is 0.573. The monoisotopic (exact) mass is 396 g/mol. The Bertz CT molecular complexity index is 1110. The summed E-state index contributed by atoms with van der Waals surface area (Å²) in [6, 6.07) is 10.7. The molecule has 0 amide bonds. The van der Waals surface area contributed by atoms with Crippen molar-refractivity contribution in [1.82, 2.24) is 0 Å². The van der Waals surface area contributed by atoms with Crippen LogP contribution in [-0.4, -0.2) is 37.7 Å². The molecule has 4 rings (SSSR count). The minimum absolute atomic E-state index is 0.00818. The molecule has 0 fully saturated rings.